The van der Waals surface area contributed by atoms with Crippen molar-refractivity contribution in [1.82, 2.24) is 24.4 Å². The number of likely N-dealkylation sites (N-methyl/N-ethyl adjacent to an activating group) is 1. The summed E-state index contributed by atoms with van der Waals surface area (Å²) in [7, 11) is 0. The maximum absolute atomic E-state index is 13.0. The molecule has 0 bridgehead atoms. The average molecular weight is 416 g/mol. The van der Waals surface area contributed by atoms with Crippen molar-refractivity contribution in [2.75, 3.05) is 19.6 Å². The Morgan fingerprint density at radius 3 is 2.79 bits per heavy atom. The van der Waals surface area contributed by atoms with Crippen molar-refractivity contribution < 1.29 is 4.79 Å². The van der Waals surface area contributed by atoms with Gasteiger partial charge >= 0.3 is 0 Å². The Hall–Kier alpha value is -2.19. The van der Waals surface area contributed by atoms with Crippen molar-refractivity contribution in [3.63, 3.8) is 0 Å². The summed E-state index contributed by atoms with van der Waals surface area (Å²) in [5, 5.41) is 7.53. The van der Waals surface area contributed by atoms with Gasteiger partial charge in [-0.05, 0) is 44.5 Å². The number of carbonyl (C=O) groups is 1. The van der Waals surface area contributed by atoms with Gasteiger partial charge in [-0.15, -0.1) is 11.3 Å². The second-order valence-corrected chi connectivity index (χ2v) is 8.81. The SMILES string of the molecule is CCc1cc2c(cc3c(=O)n(CC(=O)NCC4CCCN4CC)nc(CC)n32)s1. The normalized spacial score (nSPS) is 17.6. The number of hydrogen-bond acceptors (Lipinski definition) is 5. The number of aryl methyl sites for hydroxylation is 2. The van der Waals surface area contributed by atoms with Crippen LogP contribution >= 0.6 is 11.3 Å². The number of aromatic nitrogens is 3. The van der Waals surface area contributed by atoms with Crippen molar-refractivity contribution in [2.45, 2.75) is 59.0 Å². The molecule has 0 saturated carbocycles. The number of nitrogens with zero attached hydrogens (tertiary/aromatic N) is 4. The van der Waals surface area contributed by atoms with Crippen LogP contribution in [-0.2, 0) is 24.2 Å². The Kier molecular flexibility index (Phi) is 5.74. The molecule has 1 atom stereocenters. The molecule has 1 unspecified atom stereocenters. The molecule has 1 aliphatic heterocycles. The fourth-order valence-electron chi connectivity index (χ4n) is 4.32. The highest BCUT2D eigenvalue weighted by molar-refractivity contribution is 7.19. The summed E-state index contributed by atoms with van der Waals surface area (Å²) >= 11 is 1.71. The van der Waals surface area contributed by atoms with Gasteiger partial charge in [0.15, 0.2) is 0 Å². The fraction of sp³-hybridized carbons (Fsp3) is 0.571. The minimum absolute atomic E-state index is 0.0415. The fourth-order valence-corrected chi connectivity index (χ4v) is 5.34. The van der Waals surface area contributed by atoms with Gasteiger partial charge in [0, 0.05) is 23.9 Å². The lowest BCUT2D eigenvalue weighted by atomic mass is 10.2. The molecule has 0 aromatic carbocycles. The number of carbonyl (C=O) groups excluding carboxylic acids is 1. The Labute approximate surface area is 174 Å². The number of hydrogen-bond donors (Lipinski definition) is 1. The lowest BCUT2D eigenvalue weighted by molar-refractivity contribution is -0.122. The molecule has 3 aromatic rings. The molecule has 29 heavy (non-hydrogen) atoms. The number of likely N-dealkylation sites (tertiary alicyclic amines) is 1. The minimum Gasteiger partial charge on any atom is -0.353 e. The second kappa shape index (κ2) is 8.28. The van der Waals surface area contributed by atoms with Gasteiger partial charge in [0.25, 0.3) is 5.56 Å². The summed E-state index contributed by atoms with van der Waals surface area (Å²) in [5.74, 6) is 0.645. The van der Waals surface area contributed by atoms with Crippen molar-refractivity contribution in [1.29, 1.82) is 0 Å². The molecule has 1 N–H and O–H groups in total. The number of amides is 1. The molecule has 1 aliphatic rings. The van der Waals surface area contributed by atoms with E-state index in [1.165, 1.54) is 16.0 Å². The van der Waals surface area contributed by atoms with Crippen LogP contribution in [0.25, 0.3) is 15.7 Å². The van der Waals surface area contributed by atoms with E-state index in [4.69, 9.17) is 0 Å². The Bertz CT molecular complexity index is 1100. The number of thiophene rings is 1. The lowest BCUT2D eigenvalue weighted by Crippen LogP contribution is -2.42. The molecule has 3 aromatic heterocycles. The van der Waals surface area contributed by atoms with E-state index in [1.54, 1.807) is 11.3 Å². The van der Waals surface area contributed by atoms with E-state index in [9.17, 15) is 9.59 Å². The van der Waals surface area contributed by atoms with Crippen LogP contribution in [0.1, 0.15) is 44.3 Å². The summed E-state index contributed by atoms with van der Waals surface area (Å²) in [4.78, 5) is 29.2. The van der Waals surface area contributed by atoms with Crippen LogP contribution in [0, 0.1) is 0 Å². The zero-order valence-electron chi connectivity index (χ0n) is 17.4. The number of nitrogens with one attached hydrogen (secondary N) is 1. The van der Waals surface area contributed by atoms with E-state index >= 15 is 0 Å². The molecule has 1 amide bonds. The highest BCUT2D eigenvalue weighted by Gasteiger charge is 2.23. The maximum Gasteiger partial charge on any atom is 0.291 e. The average Bonchev–Trinajstić information content (AvgIpc) is 3.42. The van der Waals surface area contributed by atoms with Crippen LogP contribution in [0.4, 0.5) is 0 Å². The summed E-state index contributed by atoms with van der Waals surface area (Å²) in [6, 6.07) is 4.48. The monoisotopic (exact) mass is 415 g/mol. The molecular weight excluding hydrogens is 386 g/mol. The molecule has 0 aliphatic carbocycles. The Morgan fingerprint density at radius 2 is 2.07 bits per heavy atom. The largest absolute Gasteiger partial charge is 0.353 e. The minimum atomic E-state index is -0.213. The van der Waals surface area contributed by atoms with E-state index in [1.807, 2.05) is 17.4 Å². The van der Waals surface area contributed by atoms with E-state index < -0.39 is 0 Å². The first-order valence-corrected chi connectivity index (χ1v) is 11.4. The third-order valence-electron chi connectivity index (χ3n) is 5.89. The molecule has 0 radical (unpaired) electrons. The molecule has 7 nitrogen and oxygen atoms in total. The van der Waals surface area contributed by atoms with Crippen LogP contribution < -0.4 is 10.9 Å². The van der Waals surface area contributed by atoms with Crippen molar-refractivity contribution >= 4 is 33.0 Å². The van der Waals surface area contributed by atoms with Gasteiger partial charge in [-0.25, -0.2) is 4.68 Å². The van der Waals surface area contributed by atoms with Crippen LogP contribution in [-0.4, -0.2) is 50.7 Å². The number of fused-ring (bicyclic) bond motifs is 3. The molecule has 4 heterocycles. The van der Waals surface area contributed by atoms with E-state index in [-0.39, 0.29) is 18.0 Å². The summed E-state index contributed by atoms with van der Waals surface area (Å²) in [6.07, 6.45) is 3.95. The van der Waals surface area contributed by atoms with Crippen LogP contribution in [0.3, 0.4) is 0 Å². The molecule has 4 rings (SSSR count). The predicted octanol–water partition coefficient (Wildman–Crippen LogP) is 2.44. The van der Waals surface area contributed by atoms with Crippen LogP contribution in [0.2, 0.25) is 0 Å². The maximum atomic E-state index is 13.0. The predicted molar refractivity (Wildman–Crippen MR) is 117 cm³/mol. The third kappa shape index (κ3) is 3.71. The van der Waals surface area contributed by atoms with Gasteiger partial charge in [-0.3, -0.25) is 18.9 Å². The van der Waals surface area contributed by atoms with Crippen LogP contribution in [0.15, 0.2) is 16.9 Å². The van der Waals surface area contributed by atoms with Gasteiger partial charge < -0.3 is 5.32 Å². The lowest BCUT2D eigenvalue weighted by Gasteiger charge is -2.22. The molecule has 1 fully saturated rings. The van der Waals surface area contributed by atoms with Crippen molar-refractivity contribution in [2.24, 2.45) is 0 Å². The first-order chi connectivity index (χ1) is 14.0. The first-order valence-electron chi connectivity index (χ1n) is 10.6. The topological polar surface area (TPSA) is 71.6 Å². The number of rotatable bonds is 7. The molecule has 1 saturated heterocycles. The Morgan fingerprint density at radius 1 is 1.24 bits per heavy atom. The molecule has 8 heteroatoms. The highest BCUT2D eigenvalue weighted by Crippen LogP contribution is 2.29. The van der Waals surface area contributed by atoms with E-state index in [0.29, 0.717) is 24.5 Å². The molecule has 156 valence electrons. The smallest absolute Gasteiger partial charge is 0.291 e. The zero-order chi connectivity index (χ0) is 20.5. The summed E-state index contributed by atoms with van der Waals surface area (Å²) in [6.45, 7) is 8.99. The standard InChI is InChI=1S/C21H29N5O2S/c1-4-15-10-16-18(29-15)11-17-21(28)25(23-19(5-2)26(16)17)13-20(27)22-12-14-8-7-9-24(14)6-3/h10-11,14H,4-9,12-13H2,1-3H3,(H,22,27). The van der Waals surface area contributed by atoms with Crippen molar-refractivity contribution in [3.05, 3.63) is 33.2 Å². The van der Waals surface area contributed by atoms with Gasteiger partial charge in [0.2, 0.25) is 5.91 Å². The summed E-state index contributed by atoms with van der Waals surface area (Å²) < 4.78 is 4.37. The van der Waals surface area contributed by atoms with Gasteiger partial charge in [0.1, 0.15) is 17.9 Å². The van der Waals surface area contributed by atoms with E-state index in [0.717, 1.165) is 42.0 Å². The van der Waals surface area contributed by atoms with Crippen molar-refractivity contribution in [3.8, 4) is 0 Å². The molecular formula is C21H29N5O2S. The van der Waals surface area contributed by atoms with Gasteiger partial charge in [0.05, 0.1) is 10.2 Å². The highest BCUT2D eigenvalue weighted by atomic mass is 32.1. The third-order valence-corrected chi connectivity index (χ3v) is 7.10. The molecule has 0 spiro atoms. The van der Waals surface area contributed by atoms with Gasteiger partial charge in [-0.1, -0.05) is 20.8 Å². The second-order valence-electron chi connectivity index (χ2n) is 7.64. The summed E-state index contributed by atoms with van der Waals surface area (Å²) in [5.41, 5.74) is 1.43. The quantitative estimate of drug-likeness (QED) is 0.643. The first kappa shape index (κ1) is 20.1. The zero-order valence-corrected chi connectivity index (χ0v) is 18.2. The van der Waals surface area contributed by atoms with E-state index in [2.05, 4.69) is 35.2 Å². The van der Waals surface area contributed by atoms with Crippen LogP contribution in [0.5, 0.6) is 0 Å². The van der Waals surface area contributed by atoms with Gasteiger partial charge in [-0.2, -0.15) is 5.10 Å². The Balaban J connectivity index is 1.58.